The van der Waals surface area contributed by atoms with Crippen LogP contribution in [-0.4, -0.2) is 101 Å². The number of anilines is 1. The van der Waals surface area contributed by atoms with Gasteiger partial charge in [0.2, 0.25) is 0 Å². The molecule has 3 saturated heterocycles. The second kappa shape index (κ2) is 16.8. The van der Waals surface area contributed by atoms with E-state index in [4.69, 9.17) is 30.8 Å². The Balaban J connectivity index is 1.32. The minimum absolute atomic E-state index is 0.000362. The number of esters is 1. The molecule has 0 spiro atoms. The number of amides is 1. The molecule has 12 nitrogen and oxygen atoms in total. The van der Waals surface area contributed by atoms with Crippen LogP contribution in [0.1, 0.15) is 84.1 Å². The first-order valence-corrected chi connectivity index (χ1v) is 19.3. The maximum atomic E-state index is 17.0. The molecule has 0 radical (unpaired) electrons. The van der Waals surface area contributed by atoms with Crippen molar-refractivity contribution in [2.24, 2.45) is 5.92 Å². The van der Waals surface area contributed by atoms with Crippen LogP contribution in [-0.2, 0) is 20.7 Å². The lowest BCUT2D eigenvalue weighted by Gasteiger charge is -2.34. The SMILES string of the molecule is COC(=O)CCCCc1c(Cl)cc(O)cc1-c1ncc2c(N3CCCC(CCNC(=O)OC(C)(C)C)C3)nc(OC[C@@]34CCCN3C[C@H](F)C4)nc2c1F. The van der Waals surface area contributed by atoms with Gasteiger partial charge >= 0.3 is 18.1 Å². The van der Waals surface area contributed by atoms with E-state index >= 15 is 4.39 Å². The van der Waals surface area contributed by atoms with Crippen LogP contribution in [0.2, 0.25) is 5.02 Å². The first kappa shape index (κ1) is 39.6. The number of hydrogen-bond acceptors (Lipinski definition) is 11. The molecule has 1 aromatic carbocycles. The summed E-state index contributed by atoms with van der Waals surface area (Å²) in [7, 11) is 1.34. The minimum Gasteiger partial charge on any atom is -0.508 e. The number of unbranched alkanes of at least 4 members (excludes halogenated alkanes) is 1. The highest BCUT2D eigenvalue weighted by Crippen LogP contribution is 2.42. The number of phenols is 1. The topological polar surface area (TPSA) is 139 Å². The lowest BCUT2D eigenvalue weighted by atomic mass is 9.94. The fourth-order valence-electron chi connectivity index (χ4n) is 8.11. The van der Waals surface area contributed by atoms with Gasteiger partial charge in [0.15, 0.2) is 5.82 Å². The van der Waals surface area contributed by atoms with Crippen molar-refractivity contribution < 1.29 is 37.7 Å². The molecular formula is C39H51ClF2N6O6. The monoisotopic (exact) mass is 772 g/mol. The number of alkyl halides is 1. The number of methoxy groups -OCH3 is 1. The molecule has 1 amide bonds. The van der Waals surface area contributed by atoms with Crippen molar-refractivity contribution in [1.82, 2.24) is 25.2 Å². The van der Waals surface area contributed by atoms with Gasteiger partial charge in [-0.05, 0) is 102 Å². The Kier molecular flexibility index (Phi) is 12.3. The van der Waals surface area contributed by atoms with Gasteiger partial charge in [-0.2, -0.15) is 9.97 Å². The number of nitrogens with one attached hydrogen (secondary N) is 1. The first-order chi connectivity index (χ1) is 25.7. The maximum absolute atomic E-state index is 17.0. The van der Waals surface area contributed by atoms with Gasteiger partial charge in [0.05, 0.1) is 18.0 Å². The number of pyridine rings is 1. The summed E-state index contributed by atoms with van der Waals surface area (Å²) in [6.07, 6.45) is 6.48. The maximum Gasteiger partial charge on any atom is 0.407 e. The number of ether oxygens (including phenoxy) is 3. The molecule has 294 valence electrons. The van der Waals surface area contributed by atoms with Gasteiger partial charge in [0.25, 0.3) is 0 Å². The Hall–Kier alpha value is -4.04. The first-order valence-electron chi connectivity index (χ1n) is 18.9. The molecule has 15 heteroatoms. The standard InChI is InChI=1S/C39H51ClF2N6O6/c1-38(2,3)54-37(51)43-14-12-24-9-7-15-47(21-24)35-29-20-44-33(28-17-26(49)18-30(40)27(28)10-5-6-11-31(50)52-4)32(42)34(29)45-36(46-35)53-23-39-13-8-16-48(39)22-25(41)19-39/h17-18,20,24-25,49H,5-16,19,21-23H2,1-4H3,(H,43,51)/t24?,25-,39+/m1/s1. The smallest absolute Gasteiger partial charge is 0.407 e. The third-order valence-corrected chi connectivity index (χ3v) is 11.0. The number of hydrogen-bond donors (Lipinski definition) is 2. The van der Waals surface area contributed by atoms with E-state index in [0.29, 0.717) is 80.6 Å². The number of nitrogens with zero attached hydrogens (tertiary/aromatic N) is 5. The summed E-state index contributed by atoms with van der Waals surface area (Å²) in [5, 5.41) is 14.0. The molecule has 3 fully saturated rings. The van der Waals surface area contributed by atoms with Crippen LogP contribution >= 0.6 is 11.6 Å². The molecule has 1 unspecified atom stereocenters. The zero-order valence-corrected chi connectivity index (χ0v) is 32.3. The van der Waals surface area contributed by atoms with Crippen LogP contribution in [0.4, 0.5) is 19.4 Å². The summed E-state index contributed by atoms with van der Waals surface area (Å²) in [6.45, 7) is 8.50. The number of carbonyl (C=O) groups excluding carboxylic acids is 2. The summed E-state index contributed by atoms with van der Waals surface area (Å²) in [4.78, 5) is 42.2. The van der Waals surface area contributed by atoms with Crippen molar-refractivity contribution in [3.05, 3.63) is 34.7 Å². The van der Waals surface area contributed by atoms with Crippen LogP contribution in [0.3, 0.4) is 0 Å². The molecule has 3 atom stereocenters. The summed E-state index contributed by atoms with van der Waals surface area (Å²) in [5.74, 6) is -0.505. The summed E-state index contributed by atoms with van der Waals surface area (Å²) in [6, 6.07) is 2.82. The molecule has 0 saturated carbocycles. The molecule has 3 aromatic rings. The summed E-state index contributed by atoms with van der Waals surface area (Å²) in [5.41, 5.74) is -0.198. The zero-order valence-electron chi connectivity index (χ0n) is 31.6. The number of halogens is 3. The van der Waals surface area contributed by atoms with Crippen molar-refractivity contribution >= 4 is 40.4 Å². The minimum atomic E-state index is -0.938. The summed E-state index contributed by atoms with van der Waals surface area (Å²) < 4.78 is 48.0. The number of rotatable bonds is 13. The number of piperidine rings is 1. The predicted octanol–water partition coefficient (Wildman–Crippen LogP) is 7.16. The Morgan fingerprint density at radius 2 is 1.96 bits per heavy atom. The van der Waals surface area contributed by atoms with Gasteiger partial charge < -0.3 is 29.5 Å². The number of phenolic OH excluding ortho intramolecular Hbond substituents is 1. The van der Waals surface area contributed by atoms with Crippen molar-refractivity contribution in [3.8, 4) is 23.0 Å². The van der Waals surface area contributed by atoms with Gasteiger partial charge in [0.1, 0.15) is 41.2 Å². The number of fused-ring (bicyclic) bond motifs is 2. The van der Waals surface area contributed by atoms with Gasteiger partial charge in [0, 0.05) is 55.8 Å². The number of aromatic hydroxyl groups is 1. The Morgan fingerprint density at radius 3 is 2.74 bits per heavy atom. The van der Waals surface area contributed by atoms with E-state index < -0.39 is 29.2 Å². The van der Waals surface area contributed by atoms with Crippen molar-refractivity contribution in [2.45, 2.75) is 102 Å². The molecule has 2 aromatic heterocycles. The number of aromatic nitrogens is 3. The van der Waals surface area contributed by atoms with Crippen LogP contribution < -0.4 is 15.0 Å². The number of carbonyl (C=O) groups is 2. The fourth-order valence-corrected chi connectivity index (χ4v) is 8.42. The second-order valence-electron chi connectivity index (χ2n) is 15.8. The van der Waals surface area contributed by atoms with E-state index in [2.05, 4.69) is 25.1 Å². The van der Waals surface area contributed by atoms with Gasteiger partial charge in [-0.25, -0.2) is 13.6 Å². The van der Waals surface area contributed by atoms with Gasteiger partial charge in [-0.15, -0.1) is 0 Å². The molecule has 3 aliphatic heterocycles. The molecule has 5 heterocycles. The largest absolute Gasteiger partial charge is 0.508 e. The molecule has 0 aliphatic carbocycles. The average Bonchev–Trinajstić information content (AvgIpc) is 3.64. The van der Waals surface area contributed by atoms with Crippen LogP contribution in [0, 0.1) is 11.7 Å². The fraction of sp³-hybridized carbons (Fsp3) is 0.615. The molecular weight excluding hydrogens is 722 g/mol. The van der Waals surface area contributed by atoms with E-state index in [0.717, 1.165) is 32.2 Å². The highest BCUT2D eigenvalue weighted by molar-refractivity contribution is 6.32. The predicted molar refractivity (Wildman–Crippen MR) is 201 cm³/mol. The van der Waals surface area contributed by atoms with Crippen molar-refractivity contribution in [2.75, 3.05) is 51.3 Å². The molecule has 6 rings (SSSR count). The van der Waals surface area contributed by atoms with Gasteiger partial charge in [-0.3, -0.25) is 14.7 Å². The second-order valence-corrected chi connectivity index (χ2v) is 16.2. The van der Waals surface area contributed by atoms with E-state index in [1.807, 2.05) is 20.8 Å². The Bertz CT molecular complexity index is 1850. The third-order valence-electron chi connectivity index (χ3n) is 10.6. The molecule has 0 bridgehead atoms. The summed E-state index contributed by atoms with van der Waals surface area (Å²) >= 11 is 6.61. The van der Waals surface area contributed by atoms with E-state index in [1.54, 1.807) is 6.20 Å². The lowest BCUT2D eigenvalue weighted by Crippen LogP contribution is -2.43. The Morgan fingerprint density at radius 1 is 1.15 bits per heavy atom. The average molecular weight is 773 g/mol. The zero-order chi connectivity index (χ0) is 38.6. The van der Waals surface area contributed by atoms with Crippen LogP contribution in [0.5, 0.6) is 11.8 Å². The molecule has 54 heavy (non-hydrogen) atoms. The van der Waals surface area contributed by atoms with E-state index in [-0.39, 0.29) is 52.9 Å². The molecule has 2 N–H and O–H groups in total. The van der Waals surface area contributed by atoms with Gasteiger partial charge in [-0.1, -0.05) is 11.6 Å². The number of alkyl carbamates (subject to hydrolysis) is 1. The highest BCUT2D eigenvalue weighted by Gasteiger charge is 2.49. The molecule has 3 aliphatic rings. The third kappa shape index (κ3) is 9.24. The lowest BCUT2D eigenvalue weighted by molar-refractivity contribution is -0.140. The van der Waals surface area contributed by atoms with Crippen LogP contribution in [0.15, 0.2) is 18.3 Å². The Labute approximate surface area is 319 Å². The normalized spacial score (nSPS) is 21.6. The van der Waals surface area contributed by atoms with E-state index in [9.17, 15) is 19.1 Å². The van der Waals surface area contributed by atoms with Crippen molar-refractivity contribution in [3.63, 3.8) is 0 Å². The van der Waals surface area contributed by atoms with Crippen molar-refractivity contribution in [1.29, 1.82) is 0 Å². The quantitative estimate of drug-likeness (QED) is 0.135. The van der Waals surface area contributed by atoms with Crippen LogP contribution in [0.25, 0.3) is 22.2 Å². The number of benzene rings is 1. The highest BCUT2D eigenvalue weighted by atomic mass is 35.5. The van der Waals surface area contributed by atoms with E-state index in [1.165, 1.54) is 19.2 Å².